The van der Waals surface area contributed by atoms with Gasteiger partial charge in [0.2, 0.25) is 5.82 Å². The minimum Gasteiger partial charge on any atom is -0.383 e. The van der Waals surface area contributed by atoms with Crippen molar-refractivity contribution in [1.82, 2.24) is 4.98 Å². The molecule has 4 aromatic carbocycles. The Kier molecular flexibility index (Phi) is 8.27. The van der Waals surface area contributed by atoms with Crippen molar-refractivity contribution in [2.24, 2.45) is 0 Å². The average Bonchev–Trinajstić information content (AvgIpc) is 3.41. The molecule has 0 radical (unpaired) electrons. The maximum Gasteiger partial charge on any atom is 0.261 e. The molecule has 2 amide bonds. The van der Waals surface area contributed by atoms with Crippen LogP contribution in [0.25, 0.3) is 10.9 Å². The van der Waals surface area contributed by atoms with E-state index >= 15 is 0 Å². The third kappa shape index (κ3) is 5.84. The second kappa shape index (κ2) is 12.1. The Morgan fingerprint density at radius 3 is 2.19 bits per heavy atom. The Balaban J connectivity index is 1.53. The molecule has 0 saturated heterocycles. The van der Waals surface area contributed by atoms with Crippen LogP contribution < -0.4 is 10.2 Å². The third-order valence-corrected chi connectivity index (χ3v) is 6.95. The number of benzene rings is 4. The van der Waals surface area contributed by atoms with Crippen LogP contribution in [0.3, 0.4) is 0 Å². The number of H-pyrrole nitrogens is 1. The second-order valence-corrected chi connectivity index (χ2v) is 9.91. The molecule has 5 rings (SSSR count). The van der Waals surface area contributed by atoms with Crippen LogP contribution in [0.5, 0.6) is 0 Å². The molecule has 0 aliphatic rings. The number of nitrogens with one attached hydrogen (secondary N) is 2. The van der Waals surface area contributed by atoms with Gasteiger partial charge in [0.25, 0.3) is 11.8 Å². The van der Waals surface area contributed by atoms with Crippen molar-refractivity contribution in [2.45, 2.75) is 26.0 Å². The highest BCUT2D eigenvalue weighted by atomic mass is 19.2. The number of hydrogen-bond donors (Lipinski definition) is 3. The summed E-state index contributed by atoms with van der Waals surface area (Å²) in [4.78, 5) is 31.1. The van der Waals surface area contributed by atoms with Crippen LogP contribution in [0.2, 0.25) is 0 Å². The normalized spacial score (nSPS) is 11.9. The van der Waals surface area contributed by atoms with E-state index in [0.29, 0.717) is 16.7 Å². The summed E-state index contributed by atoms with van der Waals surface area (Å²) in [6, 6.07) is 20.4. The molecule has 0 bridgehead atoms. The van der Waals surface area contributed by atoms with Gasteiger partial charge in [-0.1, -0.05) is 54.6 Å². The maximum atomic E-state index is 14.4. The van der Waals surface area contributed by atoms with Crippen molar-refractivity contribution >= 4 is 34.1 Å². The largest absolute Gasteiger partial charge is 0.383 e. The third-order valence-electron chi connectivity index (χ3n) is 6.95. The number of hydrogen-bond acceptors (Lipinski definition) is 3. The van der Waals surface area contributed by atoms with Gasteiger partial charge >= 0.3 is 0 Å². The molecule has 1 heterocycles. The first-order valence-electron chi connectivity index (χ1n) is 13.1. The minimum absolute atomic E-state index is 0.0315. The Hall–Kier alpha value is -5.03. The van der Waals surface area contributed by atoms with Gasteiger partial charge in [-0.2, -0.15) is 0 Å². The number of fused-ring (bicyclic) bond motifs is 1. The number of aliphatic hydroxyl groups excluding tert-OH is 1. The monoisotopic (exact) mass is 593 g/mol. The fraction of sp³-hybridized carbons (Fsp3) is 0.125. The first-order chi connectivity index (χ1) is 20.6. The van der Waals surface area contributed by atoms with Gasteiger partial charge in [0.05, 0.1) is 17.9 Å². The first kappa shape index (κ1) is 29.5. The summed E-state index contributed by atoms with van der Waals surface area (Å²) in [5.41, 5.74) is 0.945. The van der Waals surface area contributed by atoms with E-state index in [9.17, 15) is 36.6 Å². The lowest BCUT2D eigenvalue weighted by Crippen LogP contribution is -2.40. The topological polar surface area (TPSA) is 85.4 Å². The lowest BCUT2D eigenvalue weighted by Gasteiger charge is -2.28. The summed E-state index contributed by atoms with van der Waals surface area (Å²) in [5, 5.41) is 14.1. The molecule has 0 fully saturated rings. The number of amides is 2. The number of nitrogens with zero attached hydrogens (tertiary/aromatic N) is 1. The molecular weight excluding hydrogens is 569 g/mol. The number of carbonyl (C=O) groups is 2. The second-order valence-electron chi connectivity index (χ2n) is 9.91. The van der Waals surface area contributed by atoms with E-state index in [1.165, 1.54) is 23.1 Å². The number of carbonyl (C=O) groups excluding carboxylic acids is 2. The van der Waals surface area contributed by atoms with Gasteiger partial charge in [0.1, 0.15) is 11.7 Å². The van der Waals surface area contributed by atoms with Crippen LogP contribution in [0.4, 0.5) is 33.3 Å². The van der Waals surface area contributed by atoms with Gasteiger partial charge in [-0.05, 0) is 41.8 Å². The molecule has 0 saturated carbocycles. The zero-order chi connectivity index (χ0) is 30.8. The van der Waals surface area contributed by atoms with E-state index in [4.69, 9.17) is 0 Å². The van der Waals surface area contributed by atoms with Crippen molar-refractivity contribution in [3.05, 3.63) is 130 Å². The predicted octanol–water partition coefficient (Wildman–Crippen LogP) is 6.56. The van der Waals surface area contributed by atoms with Crippen molar-refractivity contribution in [1.29, 1.82) is 0 Å². The minimum atomic E-state index is -2.40. The van der Waals surface area contributed by atoms with Gasteiger partial charge in [-0.15, -0.1) is 0 Å². The number of aromatic nitrogens is 1. The molecule has 3 N–H and O–H groups in total. The zero-order valence-electron chi connectivity index (χ0n) is 22.6. The van der Waals surface area contributed by atoms with Crippen LogP contribution >= 0.6 is 0 Å². The fourth-order valence-corrected chi connectivity index (χ4v) is 4.78. The fourth-order valence-electron chi connectivity index (χ4n) is 4.78. The molecule has 1 atom stereocenters. The van der Waals surface area contributed by atoms with E-state index in [1.807, 2.05) is 24.3 Å². The van der Waals surface area contributed by atoms with E-state index in [1.54, 1.807) is 43.5 Å². The molecule has 1 unspecified atom stereocenters. The molecule has 6 nitrogen and oxygen atoms in total. The molecular formula is C32H24F5N3O3. The van der Waals surface area contributed by atoms with Crippen molar-refractivity contribution in [3.8, 4) is 0 Å². The van der Waals surface area contributed by atoms with E-state index in [-0.39, 0.29) is 24.3 Å². The van der Waals surface area contributed by atoms with Crippen molar-refractivity contribution in [2.75, 3.05) is 10.2 Å². The first-order valence-corrected chi connectivity index (χ1v) is 13.1. The van der Waals surface area contributed by atoms with E-state index in [0.717, 1.165) is 10.9 Å². The van der Waals surface area contributed by atoms with Gasteiger partial charge in [0.15, 0.2) is 23.3 Å². The van der Waals surface area contributed by atoms with Gasteiger partial charge < -0.3 is 20.3 Å². The molecule has 11 heteroatoms. The van der Waals surface area contributed by atoms with Gasteiger partial charge in [0, 0.05) is 23.5 Å². The maximum absolute atomic E-state index is 14.4. The van der Waals surface area contributed by atoms with E-state index in [2.05, 4.69) is 10.3 Å². The molecule has 220 valence electrons. The lowest BCUT2D eigenvalue weighted by atomic mass is 10.0. The number of rotatable bonds is 8. The highest BCUT2D eigenvalue weighted by Gasteiger charge is 2.31. The lowest BCUT2D eigenvalue weighted by molar-refractivity contribution is -0.126. The number of aromatic amines is 1. The number of aliphatic hydroxyl groups is 1. The quantitative estimate of drug-likeness (QED) is 0.108. The Labute approximate surface area is 242 Å². The highest BCUT2D eigenvalue weighted by Crippen LogP contribution is 2.32. The number of anilines is 2. The van der Waals surface area contributed by atoms with Crippen LogP contribution in [-0.4, -0.2) is 28.0 Å². The molecule has 0 aliphatic heterocycles. The summed E-state index contributed by atoms with van der Waals surface area (Å²) in [6.45, 7) is 1.60. The van der Waals surface area contributed by atoms with Crippen LogP contribution in [0.15, 0.2) is 79.0 Å². The Bertz CT molecular complexity index is 1810. The van der Waals surface area contributed by atoms with Crippen LogP contribution in [0.1, 0.15) is 27.0 Å². The average molecular weight is 594 g/mol. The zero-order valence-corrected chi connectivity index (χ0v) is 22.6. The predicted molar refractivity (Wildman–Crippen MR) is 151 cm³/mol. The summed E-state index contributed by atoms with van der Waals surface area (Å²) in [7, 11) is 0. The summed E-state index contributed by atoms with van der Waals surface area (Å²) >= 11 is 0. The summed E-state index contributed by atoms with van der Waals surface area (Å²) in [5.74, 6) is -13.9. The van der Waals surface area contributed by atoms with E-state index < -0.39 is 52.6 Å². The Morgan fingerprint density at radius 2 is 1.49 bits per heavy atom. The summed E-state index contributed by atoms with van der Waals surface area (Å²) < 4.78 is 70.0. The van der Waals surface area contributed by atoms with Crippen LogP contribution in [-0.2, 0) is 17.8 Å². The SMILES string of the molecule is Cc1ccc(NC(=O)c2c(F)c(F)c(F)c(F)c2F)c(N(Cc2ccccc2)C(=O)C(O)Cc2c[nH]c3ccccc23)c1. The molecule has 0 spiro atoms. The van der Waals surface area contributed by atoms with Crippen molar-refractivity contribution in [3.63, 3.8) is 0 Å². The number of para-hydroxylation sites is 1. The molecule has 43 heavy (non-hydrogen) atoms. The number of halogens is 5. The Morgan fingerprint density at radius 1 is 0.860 bits per heavy atom. The van der Waals surface area contributed by atoms with Gasteiger partial charge in [-0.25, -0.2) is 22.0 Å². The number of aryl methyl sites for hydroxylation is 1. The molecule has 0 aliphatic carbocycles. The highest BCUT2D eigenvalue weighted by molar-refractivity contribution is 6.08. The van der Waals surface area contributed by atoms with Crippen LogP contribution in [0, 0.1) is 36.0 Å². The molecule has 5 aromatic rings. The smallest absolute Gasteiger partial charge is 0.261 e. The molecule has 1 aromatic heterocycles. The summed E-state index contributed by atoms with van der Waals surface area (Å²) in [6.07, 6.45) is 0.0687. The van der Waals surface area contributed by atoms with Gasteiger partial charge in [-0.3, -0.25) is 9.59 Å². The van der Waals surface area contributed by atoms with Crippen molar-refractivity contribution < 1.29 is 36.6 Å². The standard InChI is InChI=1S/C32H24F5N3O3/c1-17-11-12-22(39-31(42)25-26(33)28(35)30(37)29(36)27(25)34)23(13-17)40(16-18-7-3-2-4-8-18)32(43)24(41)14-19-15-38-21-10-6-5-9-20(19)21/h2-13,15,24,38,41H,14,16H2,1H3,(H,39,42).